The van der Waals surface area contributed by atoms with Gasteiger partial charge in [-0.25, -0.2) is 0 Å². The molecule has 0 aromatic carbocycles. The lowest BCUT2D eigenvalue weighted by Crippen LogP contribution is -2.35. The van der Waals surface area contributed by atoms with Gasteiger partial charge in [-0.1, -0.05) is 25.0 Å². The first-order valence-corrected chi connectivity index (χ1v) is 8.46. The molecular formula is C17H24N2O3. The molecule has 3 amide bonds. The minimum absolute atomic E-state index is 0.0458. The molecule has 1 N–H and O–H groups in total. The molecule has 5 nitrogen and oxygen atoms in total. The van der Waals surface area contributed by atoms with E-state index in [-0.39, 0.29) is 29.6 Å². The third-order valence-electron chi connectivity index (χ3n) is 5.10. The molecule has 0 radical (unpaired) electrons. The lowest BCUT2D eigenvalue weighted by molar-refractivity contribution is -0.140. The van der Waals surface area contributed by atoms with E-state index in [9.17, 15) is 14.4 Å². The average molecular weight is 304 g/mol. The summed E-state index contributed by atoms with van der Waals surface area (Å²) < 4.78 is 0. The molecule has 1 saturated carbocycles. The number of amides is 3. The topological polar surface area (TPSA) is 66.5 Å². The standard InChI is InChI=1S/C17H24N2O3/c20-15(18-12-6-1-2-7-12)10-5-11-19-16(21)13-8-3-4-9-14(13)17(19)22/h3-4,12-14H,1-2,5-11H2,(H,18,20)/t13-,14-/m0/s1. The lowest BCUT2D eigenvalue weighted by atomic mass is 9.85. The molecule has 1 heterocycles. The highest BCUT2D eigenvalue weighted by molar-refractivity contribution is 6.05. The van der Waals surface area contributed by atoms with Crippen molar-refractivity contribution in [2.45, 2.75) is 57.4 Å². The van der Waals surface area contributed by atoms with Crippen molar-refractivity contribution in [1.29, 1.82) is 0 Å². The van der Waals surface area contributed by atoms with Crippen LogP contribution in [0.4, 0.5) is 0 Å². The predicted octanol–water partition coefficient (Wildman–Crippen LogP) is 1.78. The predicted molar refractivity (Wildman–Crippen MR) is 81.7 cm³/mol. The summed E-state index contributed by atoms with van der Waals surface area (Å²) in [5.41, 5.74) is 0. The fraction of sp³-hybridized carbons (Fsp3) is 0.706. The number of likely N-dealkylation sites (tertiary alicyclic amines) is 1. The molecular weight excluding hydrogens is 280 g/mol. The second-order valence-electron chi connectivity index (χ2n) is 6.64. The summed E-state index contributed by atoms with van der Waals surface area (Å²) >= 11 is 0. The van der Waals surface area contributed by atoms with Crippen molar-refractivity contribution in [3.8, 4) is 0 Å². The summed E-state index contributed by atoms with van der Waals surface area (Å²) in [4.78, 5) is 37.8. The number of nitrogens with zero attached hydrogens (tertiary/aromatic N) is 1. The van der Waals surface area contributed by atoms with Gasteiger partial charge in [-0.15, -0.1) is 0 Å². The molecule has 3 aliphatic rings. The average Bonchev–Trinajstić information content (AvgIpc) is 3.10. The van der Waals surface area contributed by atoms with Gasteiger partial charge in [-0.3, -0.25) is 19.3 Å². The third-order valence-corrected chi connectivity index (χ3v) is 5.10. The van der Waals surface area contributed by atoms with Crippen molar-refractivity contribution in [1.82, 2.24) is 10.2 Å². The molecule has 2 fully saturated rings. The van der Waals surface area contributed by atoms with E-state index in [1.165, 1.54) is 17.7 Å². The fourth-order valence-electron chi connectivity index (χ4n) is 3.86. The Morgan fingerprint density at radius 3 is 2.27 bits per heavy atom. The highest BCUT2D eigenvalue weighted by Gasteiger charge is 2.46. The minimum atomic E-state index is -0.162. The molecule has 0 bridgehead atoms. The van der Waals surface area contributed by atoms with Crippen molar-refractivity contribution >= 4 is 17.7 Å². The van der Waals surface area contributed by atoms with Gasteiger partial charge in [-0.2, -0.15) is 0 Å². The van der Waals surface area contributed by atoms with Gasteiger partial charge in [0.1, 0.15) is 0 Å². The number of carbonyl (C=O) groups is 3. The SMILES string of the molecule is O=C(CCCN1C(=O)[C@H]2CC=CC[C@@H]2C1=O)NC1CCCC1. The van der Waals surface area contributed by atoms with Crippen LogP contribution in [-0.4, -0.2) is 35.2 Å². The lowest BCUT2D eigenvalue weighted by Gasteiger charge is -2.15. The van der Waals surface area contributed by atoms with E-state index >= 15 is 0 Å². The second kappa shape index (κ2) is 6.63. The van der Waals surface area contributed by atoms with Crippen LogP contribution in [0.15, 0.2) is 12.2 Å². The van der Waals surface area contributed by atoms with Gasteiger partial charge in [-0.05, 0) is 32.1 Å². The first kappa shape index (κ1) is 15.3. The Morgan fingerprint density at radius 2 is 1.68 bits per heavy atom. The Kier molecular flexibility index (Phi) is 4.60. The van der Waals surface area contributed by atoms with E-state index in [2.05, 4.69) is 5.32 Å². The molecule has 0 unspecified atom stereocenters. The van der Waals surface area contributed by atoms with Gasteiger partial charge in [0.05, 0.1) is 11.8 Å². The van der Waals surface area contributed by atoms with E-state index in [0.717, 1.165) is 12.8 Å². The first-order chi connectivity index (χ1) is 10.7. The Labute approximate surface area is 131 Å². The molecule has 0 aromatic heterocycles. The van der Waals surface area contributed by atoms with Crippen molar-refractivity contribution in [2.75, 3.05) is 6.54 Å². The summed E-state index contributed by atoms with van der Waals surface area (Å²) in [6, 6.07) is 0.330. The van der Waals surface area contributed by atoms with E-state index in [4.69, 9.17) is 0 Å². The summed E-state index contributed by atoms with van der Waals surface area (Å²) in [5.74, 6) is -0.370. The van der Waals surface area contributed by atoms with Crippen LogP contribution in [0.1, 0.15) is 51.4 Å². The maximum Gasteiger partial charge on any atom is 0.233 e. The molecule has 1 saturated heterocycles. The molecule has 22 heavy (non-hydrogen) atoms. The Balaban J connectivity index is 1.44. The number of fused-ring (bicyclic) bond motifs is 1. The minimum Gasteiger partial charge on any atom is -0.353 e. The maximum absolute atomic E-state index is 12.3. The molecule has 2 atom stereocenters. The van der Waals surface area contributed by atoms with Crippen molar-refractivity contribution in [2.24, 2.45) is 11.8 Å². The summed E-state index contributed by atoms with van der Waals surface area (Å²) in [5, 5.41) is 3.04. The van der Waals surface area contributed by atoms with Gasteiger partial charge in [0.2, 0.25) is 17.7 Å². The van der Waals surface area contributed by atoms with E-state index in [1.807, 2.05) is 12.2 Å². The largest absolute Gasteiger partial charge is 0.353 e. The summed E-state index contributed by atoms with van der Waals surface area (Å²) in [6.45, 7) is 0.378. The number of nitrogens with one attached hydrogen (secondary N) is 1. The normalized spacial score (nSPS) is 28.3. The van der Waals surface area contributed by atoms with Crippen LogP contribution < -0.4 is 5.32 Å². The van der Waals surface area contributed by atoms with Crippen LogP contribution in [0.5, 0.6) is 0 Å². The molecule has 120 valence electrons. The summed E-state index contributed by atoms with van der Waals surface area (Å²) in [7, 11) is 0. The van der Waals surface area contributed by atoms with Gasteiger partial charge in [0, 0.05) is 19.0 Å². The quantitative estimate of drug-likeness (QED) is 0.622. The Hall–Kier alpha value is -1.65. The number of rotatable bonds is 5. The number of hydrogen-bond donors (Lipinski definition) is 1. The van der Waals surface area contributed by atoms with Crippen LogP contribution >= 0.6 is 0 Å². The molecule has 0 aromatic rings. The molecule has 1 aliphatic heterocycles. The maximum atomic E-state index is 12.3. The van der Waals surface area contributed by atoms with Crippen LogP contribution in [0.2, 0.25) is 0 Å². The number of carbonyl (C=O) groups excluding carboxylic acids is 3. The number of allylic oxidation sites excluding steroid dienone is 2. The highest BCUT2D eigenvalue weighted by Crippen LogP contribution is 2.35. The van der Waals surface area contributed by atoms with Crippen molar-refractivity contribution in [3.63, 3.8) is 0 Å². The first-order valence-electron chi connectivity index (χ1n) is 8.46. The Morgan fingerprint density at radius 1 is 1.09 bits per heavy atom. The molecule has 5 heteroatoms. The monoisotopic (exact) mass is 304 g/mol. The van der Waals surface area contributed by atoms with Crippen molar-refractivity contribution < 1.29 is 14.4 Å². The number of imide groups is 1. The van der Waals surface area contributed by atoms with Crippen LogP contribution in [0.3, 0.4) is 0 Å². The van der Waals surface area contributed by atoms with Crippen LogP contribution in [0, 0.1) is 11.8 Å². The van der Waals surface area contributed by atoms with E-state index in [1.54, 1.807) is 0 Å². The molecule has 0 spiro atoms. The van der Waals surface area contributed by atoms with Crippen LogP contribution in [-0.2, 0) is 14.4 Å². The number of hydrogen-bond acceptors (Lipinski definition) is 3. The Bertz CT molecular complexity index is 468. The smallest absolute Gasteiger partial charge is 0.233 e. The zero-order valence-corrected chi connectivity index (χ0v) is 12.9. The van der Waals surface area contributed by atoms with Crippen molar-refractivity contribution in [3.05, 3.63) is 12.2 Å². The molecule has 3 rings (SSSR count). The van der Waals surface area contributed by atoms with Gasteiger partial charge in [0.25, 0.3) is 0 Å². The van der Waals surface area contributed by atoms with Gasteiger partial charge in [0.15, 0.2) is 0 Å². The van der Waals surface area contributed by atoms with Gasteiger partial charge < -0.3 is 5.32 Å². The summed E-state index contributed by atoms with van der Waals surface area (Å²) in [6.07, 6.45) is 10.8. The van der Waals surface area contributed by atoms with E-state index < -0.39 is 0 Å². The highest BCUT2D eigenvalue weighted by atomic mass is 16.2. The third kappa shape index (κ3) is 3.08. The molecule has 2 aliphatic carbocycles. The zero-order valence-electron chi connectivity index (χ0n) is 12.9. The second-order valence-corrected chi connectivity index (χ2v) is 6.64. The fourth-order valence-corrected chi connectivity index (χ4v) is 3.86. The van der Waals surface area contributed by atoms with Gasteiger partial charge >= 0.3 is 0 Å². The van der Waals surface area contributed by atoms with E-state index in [0.29, 0.717) is 38.3 Å². The zero-order chi connectivity index (χ0) is 15.5. The van der Waals surface area contributed by atoms with Crippen LogP contribution in [0.25, 0.3) is 0 Å².